The minimum Gasteiger partial charge on any atom is -0.489 e. The van der Waals surface area contributed by atoms with E-state index in [0.29, 0.717) is 23.6 Å². The molecule has 0 heterocycles. The number of anilines is 1. The molecule has 3 aromatic rings. The first-order chi connectivity index (χ1) is 14.3. The number of hydrogen-bond acceptors (Lipinski definition) is 4. The summed E-state index contributed by atoms with van der Waals surface area (Å²) in [7, 11) is -2.18. The van der Waals surface area contributed by atoms with Crippen LogP contribution in [0.2, 0.25) is 0 Å². The van der Waals surface area contributed by atoms with Crippen LogP contribution in [0.1, 0.15) is 17.2 Å². The topological polar surface area (TPSA) is 75.7 Å². The molecule has 3 rings (SSSR count). The van der Waals surface area contributed by atoms with Crippen molar-refractivity contribution >= 4 is 21.6 Å². The first kappa shape index (κ1) is 21.5. The fourth-order valence-corrected chi connectivity index (χ4v) is 3.54. The molecule has 156 valence electrons. The number of sulfonamides is 1. The van der Waals surface area contributed by atoms with E-state index in [-0.39, 0.29) is 0 Å². The van der Waals surface area contributed by atoms with Gasteiger partial charge in [-0.2, -0.15) is 4.31 Å². The highest BCUT2D eigenvalue weighted by Crippen LogP contribution is 2.24. The zero-order chi connectivity index (χ0) is 21.6. The lowest BCUT2D eigenvalue weighted by molar-refractivity contribution is -0.119. The Balaban J connectivity index is 1.71. The Bertz CT molecular complexity index is 1070. The van der Waals surface area contributed by atoms with Crippen molar-refractivity contribution < 1.29 is 17.9 Å². The van der Waals surface area contributed by atoms with Gasteiger partial charge in [0.05, 0.1) is 6.26 Å². The number of benzene rings is 3. The fourth-order valence-electron chi connectivity index (χ4n) is 2.94. The van der Waals surface area contributed by atoms with Gasteiger partial charge in [-0.3, -0.25) is 4.79 Å². The molecular formula is C23H24N2O4S. The van der Waals surface area contributed by atoms with Gasteiger partial charge in [-0.05, 0) is 35.4 Å². The van der Waals surface area contributed by atoms with Crippen molar-refractivity contribution in [2.75, 3.05) is 18.6 Å². The summed E-state index contributed by atoms with van der Waals surface area (Å²) in [5.41, 5.74) is 2.20. The van der Waals surface area contributed by atoms with Crippen molar-refractivity contribution in [2.45, 2.75) is 12.6 Å². The standard InChI is InChI=1S/C23H24N2O4S/c1-25(30(2,27)28)22(19-11-7-4-8-12-19)23(26)24-20-13-15-21(16-14-20)29-17-18-9-5-3-6-10-18/h3-16,22H,17H2,1-2H3,(H,24,26)/t22-/m0/s1. The van der Waals surface area contributed by atoms with E-state index >= 15 is 0 Å². The normalized spacial score (nSPS) is 12.4. The maximum absolute atomic E-state index is 12.9. The van der Waals surface area contributed by atoms with Crippen LogP contribution in [0.25, 0.3) is 0 Å². The molecular weight excluding hydrogens is 400 g/mol. The van der Waals surface area contributed by atoms with Crippen LogP contribution in [0.15, 0.2) is 84.9 Å². The molecule has 0 aromatic heterocycles. The number of ether oxygens (including phenoxy) is 1. The van der Waals surface area contributed by atoms with Crippen LogP contribution in [-0.4, -0.2) is 31.9 Å². The number of likely N-dealkylation sites (N-methyl/N-ethyl adjacent to an activating group) is 1. The van der Waals surface area contributed by atoms with Gasteiger partial charge in [0.15, 0.2) is 0 Å². The third kappa shape index (κ3) is 5.68. The molecule has 3 aromatic carbocycles. The average molecular weight is 425 g/mol. The van der Waals surface area contributed by atoms with E-state index in [1.165, 1.54) is 7.05 Å². The molecule has 0 spiro atoms. The Labute approximate surface area is 177 Å². The summed E-state index contributed by atoms with van der Waals surface area (Å²) >= 11 is 0. The van der Waals surface area contributed by atoms with E-state index in [9.17, 15) is 13.2 Å². The van der Waals surface area contributed by atoms with Gasteiger partial charge in [0.25, 0.3) is 0 Å². The molecule has 1 atom stereocenters. The van der Waals surface area contributed by atoms with Crippen molar-refractivity contribution in [1.29, 1.82) is 0 Å². The van der Waals surface area contributed by atoms with Crippen LogP contribution < -0.4 is 10.1 Å². The Hall–Kier alpha value is -3.16. The Morgan fingerprint density at radius 1 is 0.933 bits per heavy atom. The van der Waals surface area contributed by atoms with E-state index in [2.05, 4.69) is 5.32 Å². The van der Waals surface area contributed by atoms with E-state index < -0.39 is 22.0 Å². The number of amides is 1. The van der Waals surface area contributed by atoms with Crippen molar-refractivity contribution in [2.24, 2.45) is 0 Å². The van der Waals surface area contributed by atoms with Crippen LogP contribution in [0.3, 0.4) is 0 Å². The lowest BCUT2D eigenvalue weighted by Gasteiger charge is -2.25. The zero-order valence-electron chi connectivity index (χ0n) is 16.9. The zero-order valence-corrected chi connectivity index (χ0v) is 17.7. The molecule has 30 heavy (non-hydrogen) atoms. The molecule has 0 saturated heterocycles. The molecule has 7 heteroatoms. The molecule has 0 saturated carbocycles. The lowest BCUT2D eigenvalue weighted by Crippen LogP contribution is -2.38. The highest BCUT2D eigenvalue weighted by atomic mass is 32.2. The van der Waals surface area contributed by atoms with E-state index in [1.54, 1.807) is 48.5 Å². The molecule has 1 N–H and O–H groups in total. The largest absolute Gasteiger partial charge is 0.489 e. The van der Waals surface area contributed by atoms with E-state index in [4.69, 9.17) is 4.74 Å². The molecule has 0 aliphatic carbocycles. The summed E-state index contributed by atoms with van der Waals surface area (Å²) in [6.45, 7) is 0.446. The molecule has 6 nitrogen and oxygen atoms in total. The van der Waals surface area contributed by atoms with E-state index in [1.807, 2.05) is 36.4 Å². The first-order valence-corrected chi connectivity index (χ1v) is 11.2. The van der Waals surface area contributed by atoms with Crippen LogP contribution in [0, 0.1) is 0 Å². The summed E-state index contributed by atoms with van der Waals surface area (Å²) in [4.78, 5) is 12.9. The minimum absolute atomic E-state index is 0.438. The van der Waals surface area contributed by atoms with Gasteiger partial charge >= 0.3 is 0 Å². The van der Waals surface area contributed by atoms with E-state index in [0.717, 1.165) is 16.1 Å². The number of nitrogens with one attached hydrogen (secondary N) is 1. The van der Waals surface area contributed by atoms with Crippen molar-refractivity contribution in [3.8, 4) is 5.75 Å². The second kappa shape index (κ2) is 9.56. The predicted molar refractivity (Wildman–Crippen MR) is 118 cm³/mol. The van der Waals surface area contributed by atoms with Gasteiger partial charge in [0.1, 0.15) is 18.4 Å². The Morgan fingerprint density at radius 2 is 1.50 bits per heavy atom. The summed E-state index contributed by atoms with van der Waals surface area (Å²) in [5, 5.41) is 2.79. The number of carbonyl (C=O) groups is 1. The van der Waals surface area contributed by atoms with Crippen LogP contribution in [0.5, 0.6) is 5.75 Å². The summed E-state index contributed by atoms with van der Waals surface area (Å²) in [5.74, 6) is 0.233. The average Bonchev–Trinajstić information content (AvgIpc) is 2.74. The van der Waals surface area contributed by atoms with Gasteiger partial charge < -0.3 is 10.1 Å². The van der Waals surface area contributed by atoms with Crippen LogP contribution in [-0.2, 0) is 21.4 Å². The van der Waals surface area contributed by atoms with Crippen LogP contribution >= 0.6 is 0 Å². The third-order valence-electron chi connectivity index (χ3n) is 4.62. The predicted octanol–water partition coefficient (Wildman–Crippen LogP) is 3.84. The molecule has 0 aliphatic rings. The van der Waals surface area contributed by atoms with Gasteiger partial charge in [0, 0.05) is 12.7 Å². The molecule has 0 unspecified atom stereocenters. The quantitative estimate of drug-likeness (QED) is 0.596. The fraction of sp³-hybridized carbons (Fsp3) is 0.174. The molecule has 0 radical (unpaired) electrons. The Kier molecular flexibility index (Phi) is 6.87. The van der Waals surface area contributed by atoms with Crippen molar-refractivity contribution in [3.05, 3.63) is 96.1 Å². The third-order valence-corrected chi connectivity index (χ3v) is 5.88. The van der Waals surface area contributed by atoms with Gasteiger partial charge in [0.2, 0.25) is 15.9 Å². The monoisotopic (exact) mass is 424 g/mol. The smallest absolute Gasteiger partial charge is 0.247 e. The van der Waals surface area contributed by atoms with Gasteiger partial charge in [-0.1, -0.05) is 60.7 Å². The SMILES string of the molecule is CN([C@H](C(=O)Nc1ccc(OCc2ccccc2)cc1)c1ccccc1)S(C)(=O)=O. The summed E-state index contributed by atoms with van der Waals surface area (Å²) < 4.78 is 30.9. The second-order valence-electron chi connectivity index (χ2n) is 6.88. The molecule has 0 fully saturated rings. The maximum Gasteiger partial charge on any atom is 0.247 e. The first-order valence-electron chi connectivity index (χ1n) is 9.40. The minimum atomic E-state index is -3.58. The summed E-state index contributed by atoms with van der Waals surface area (Å²) in [6, 6.07) is 24.6. The highest BCUT2D eigenvalue weighted by Gasteiger charge is 2.30. The highest BCUT2D eigenvalue weighted by molar-refractivity contribution is 7.88. The molecule has 1 amide bonds. The summed E-state index contributed by atoms with van der Waals surface area (Å²) in [6.07, 6.45) is 1.08. The van der Waals surface area contributed by atoms with Crippen LogP contribution in [0.4, 0.5) is 5.69 Å². The number of rotatable bonds is 8. The Morgan fingerprint density at radius 3 is 2.07 bits per heavy atom. The lowest BCUT2D eigenvalue weighted by atomic mass is 10.1. The van der Waals surface area contributed by atoms with Crippen molar-refractivity contribution in [1.82, 2.24) is 4.31 Å². The molecule has 0 aliphatic heterocycles. The van der Waals surface area contributed by atoms with Gasteiger partial charge in [-0.15, -0.1) is 0 Å². The number of carbonyl (C=O) groups excluding carboxylic acids is 1. The maximum atomic E-state index is 12.9. The van der Waals surface area contributed by atoms with Gasteiger partial charge in [-0.25, -0.2) is 8.42 Å². The second-order valence-corrected chi connectivity index (χ2v) is 8.92. The number of hydrogen-bond donors (Lipinski definition) is 1. The number of nitrogens with zero attached hydrogens (tertiary/aromatic N) is 1. The molecule has 0 bridgehead atoms. The van der Waals surface area contributed by atoms with Crippen molar-refractivity contribution in [3.63, 3.8) is 0 Å².